The van der Waals surface area contributed by atoms with Gasteiger partial charge in [-0.2, -0.15) is 13.2 Å². The number of phenols is 1. The van der Waals surface area contributed by atoms with Gasteiger partial charge >= 0.3 is 12.1 Å². The highest BCUT2D eigenvalue weighted by Gasteiger charge is 2.38. The molecule has 0 radical (unpaired) electrons. The van der Waals surface area contributed by atoms with E-state index in [2.05, 4.69) is 17.4 Å². The Balaban J connectivity index is 0.000000905. The lowest BCUT2D eigenvalue weighted by Gasteiger charge is -2.31. The summed E-state index contributed by atoms with van der Waals surface area (Å²) < 4.78 is 31.7. The van der Waals surface area contributed by atoms with Crippen molar-refractivity contribution in [1.82, 2.24) is 10.2 Å². The molecular weight excluding hydrogens is 505 g/mol. The molecule has 7 N–H and O–H groups in total. The number of carbonyl (C=O) groups is 3. The summed E-state index contributed by atoms with van der Waals surface area (Å²) in [6, 6.07) is 16.4. The fourth-order valence-electron chi connectivity index (χ4n) is 3.54. The number of hydrogen-bond acceptors (Lipinski definition) is 6. The van der Waals surface area contributed by atoms with E-state index in [0.29, 0.717) is 38.9 Å². The summed E-state index contributed by atoms with van der Waals surface area (Å²) in [6.45, 7) is 1.07. The van der Waals surface area contributed by atoms with E-state index in [4.69, 9.17) is 21.4 Å². The van der Waals surface area contributed by atoms with E-state index in [0.717, 1.165) is 18.4 Å². The van der Waals surface area contributed by atoms with Gasteiger partial charge in [-0.1, -0.05) is 48.5 Å². The van der Waals surface area contributed by atoms with Gasteiger partial charge in [0.05, 0.1) is 6.54 Å². The standard InChI is InChI=1S/C24H34N4O3.C2HF3O2/c25-15-6-12-21(24(31)27-16-7-10-19-8-2-1-3-9-19)28(23(30)18-26)17-14-20-11-4-5-13-22(20)29;3-2(4,5)1(6)7/h1-5,8-9,11,13,21,29H,6-7,10,12,14-18,25-26H2,(H,27,31);(H,6,7)/t21-;/m0./s1. The van der Waals surface area contributed by atoms with E-state index < -0.39 is 18.2 Å². The third-order valence-electron chi connectivity index (χ3n) is 5.50. The van der Waals surface area contributed by atoms with Crippen LogP contribution in [-0.4, -0.2) is 71.3 Å². The van der Waals surface area contributed by atoms with Crippen molar-refractivity contribution in [3.8, 4) is 5.75 Å². The molecule has 2 aromatic carbocycles. The van der Waals surface area contributed by atoms with Gasteiger partial charge in [-0.3, -0.25) is 9.59 Å². The highest BCUT2D eigenvalue weighted by Crippen LogP contribution is 2.18. The van der Waals surface area contributed by atoms with Gasteiger partial charge in [-0.05, 0) is 55.8 Å². The molecule has 12 heteroatoms. The van der Waals surface area contributed by atoms with E-state index in [1.165, 1.54) is 10.5 Å². The first-order chi connectivity index (χ1) is 18.0. The minimum absolute atomic E-state index is 0.173. The van der Waals surface area contributed by atoms with Crippen LogP contribution in [0.25, 0.3) is 0 Å². The summed E-state index contributed by atoms with van der Waals surface area (Å²) in [5, 5.41) is 20.1. The highest BCUT2D eigenvalue weighted by atomic mass is 19.4. The number of para-hydroxylation sites is 1. The molecular formula is C26H35F3N4O5. The summed E-state index contributed by atoms with van der Waals surface area (Å²) in [7, 11) is 0. The van der Waals surface area contributed by atoms with Gasteiger partial charge in [0.2, 0.25) is 11.8 Å². The minimum atomic E-state index is -5.08. The third kappa shape index (κ3) is 12.1. The summed E-state index contributed by atoms with van der Waals surface area (Å²) in [5.41, 5.74) is 13.2. The Labute approximate surface area is 219 Å². The Bertz CT molecular complexity index is 1010. The molecule has 2 amide bonds. The number of aryl methyl sites for hydroxylation is 1. The van der Waals surface area contributed by atoms with E-state index in [-0.39, 0.29) is 24.1 Å². The van der Waals surface area contributed by atoms with Crippen LogP contribution in [0.4, 0.5) is 13.2 Å². The lowest BCUT2D eigenvalue weighted by Crippen LogP contribution is -2.52. The SMILES string of the molecule is NCCC[C@@H](C(=O)NCCCc1ccccc1)N(CCc1ccccc1O)C(=O)CN.O=C(O)C(F)(F)F. The zero-order valence-electron chi connectivity index (χ0n) is 21.0. The Morgan fingerprint density at radius 3 is 2.11 bits per heavy atom. The van der Waals surface area contributed by atoms with Crippen LogP contribution < -0.4 is 16.8 Å². The molecule has 0 unspecified atom stereocenters. The number of phenolic OH excluding ortho intramolecular Hbond substituents is 1. The number of carboxylic acids is 1. The monoisotopic (exact) mass is 540 g/mol. The number of benzene rings is 2. The van der Waals surface area contributed by atoms with E-state index in [1.54, 1.807) is 18.2 Å². The van der Waals surface area contributed by atoms with Crippen molar-refractivity contribution >= 4 is 17.8 Å². The number of halogens is 3. The van der Waals surface area contributed by atoms with Gasteiger partial charge < -0.3 is 31.9 Å². The van der Waals surface area contributed by atoms with Gasteiger partial charge in [0, 0.05) is 13.1 Å². The number of alkyl halides is 3. The second-order valence-electron chi connectivity index (χ2n) is 8.30. The molecule has 2 rings (SSSR count). The topological polar surface area (TPSA) is 159 Å². The number of carboxylic acid groups (broad SMARTS) is 1. The number of amides is 2. The third-order valence-corrected chi connectivity index (χ3v) is 5.50. The van der Waals surface area contributed by atoms with Crippen molar-refractivity contribution in [3.63, 3.8) is 0 Å². The predicted molar refractivity (Wildman–Crippen MR) is 136 cm³/mol. The normalized spacial score (nSPS) is 11.6. The average molecular weight is 541 g/mol. The quantitative estimate of drug-likeness (QED) is 0.244. The molecule has 2 aromatic rings. The number of carbonyl (C=O) groups excluding carboxylic acids is 2. The van der Waals surface area contributed by atoms with Gasteiger partial charge in [-0.25, -0.2) is 4.79 Å². The van der Waals surface area contributed by atoms with Gasteiger partial charge in [-0.15, -0.1) is 0 Å². The van der Waals surface area contributed by atoms with Crippen LogP contribution in [-0.2, 0) is 27.2 Å². The molecule has 0 heterocycles. The van der Waals surface area contributed by atoms with Crippen LogP contribution in [0.3, 0.4) is 0 Å². The molecule has 0 aliphatic rings. The molecule has 0 saturated carbocycles. The number of nitrogens with two attached hydrogens (primary N) is 2. The molecule has 1 atom stereocenters. The first-order valence-electron chi connectivity index (χ1n) is 12.1. The molecule has 0 spiro atoms. The second kappa shape index (κ2) is 17.0. The summed E-state index contributed by atoms with van der Waals surface area (Å²) in [5.74, 6) is -3.07. The molecule has 9 nitrogen and oxygen atoms in total. The Kier molecular flexibility index (Phi) is 14.5. The first kappa shape index (κ1) is 32.4. The van der Waals surface area contributed by atoms with Crippen molar-refractivity contribution in [3.05, 3.63) is 65.7 Å². The average Bonchev–Trinajstić information content (AvgIpc) is 2.89. The van der Waals surface area contributed by atoms with Gasteiger partial charge in [0.15, 0.2) is 0 Å². The van der Waals surface area contributed by atoms with Crippen LogP contribution in [0.1, 0.15) is 30.4 Å². The first-order valence-corrected chi connectivity index (χ1v) is 12.1. The Hall–Kier alpha value is -3.64. The number of hydrogen-bond donors (Lipinski definition) is 5. The lowest BCUT2D eigenvalue weighted by molar-refractivity contribution is -0.192. The largest absolute Gasteiger partial charge is 0.508 e. The van der Waals surface area contributed by atoms with Crippen LogP contribution in [0.15, 0.2) is 54.6 Å². The summed E-state index contributed by atoms with van der Waals surface area (Å²) in [6.07, 6.45) is -1.89. The van der Waals surface area contributed by atoms with Crippen molar-refractivity contribution < 1.29 is 37.8 Å². The fraction of sp³-hybridized carbons (Fsp3) is 0.423. The zero-order valence-corrected chi connectivity index (χ0v) is 21.0. The molecule has 0 aliphatic carbocycles. The Morgan fingerprint density at radius 2 is 1.55 bits per heavy atom. The Morgan fingerprint density at radius 1 is 0.947 bits per heavy atom. The van der Waals surface area contributed by atoms with Gasteiger partial charge in [0.25, 0.3) is 0 Å². The molecule has 38 heavy (non-hydrogen) atoms. The zero-order chi connectivity index (χ0) is 28.6. The van der Waals surface area contributed by atoms with Crippen LogP contribution in [0.2, 0.25) is 0 Å². The van der Waals surface area contributed by atoms with Crippen molar-refractivity contribution in [2.24, 2.45) is 11.5 Å². The van der Waals surface area contributed by atoms with E-state index in [9.17, 15) is 27.9 Å². The number of rotatable bonds is 13. The lowest BCUT2D eigenvalue weighted by atomic mass is 10.1. The number of nitrogens with zero attached hydrogens (tertiary/aromatic N) is 1. The minimum Gasteiger partial charge on any atom is -0.508 e. The summed E-state index contributed by atoms with van der Waals surface area (Å²) >= 11 is 0. The fourth-order valence-corrected chi connectivity index (χ4v) is 3.54. The molecule has 0 fully saturated rings. The molecule has 0 aromatic heterocycles. The summed E-state index contributed by atoms with van der Waals surface area (Å²) in [4.78, 5) is 36.0. The molecule has 0 saturated heterocycles. The molecule has 210 valence electrons. The van der Waals surface area contributed by atoms with E-state index >= 15 is 0 Å². The maximum absolute atomic E-state index is 13.0. The van der Waals surface area contributed by atoms with Gasteiger partial charge in [0.1, 0.15) is 11.8 Å². The maximum atomic E-state index is 13.0. The number of aromatic hydroxyl groups is 1. The molecule has 0 bridgehead atoms. The molecule has 0 aliphatic heterocycles. The second-order valence-corrected chi connectivity index (χ2v) is 8.30. The predicted octanol–water partition coefficient (Wildman–Crippen LogP) is 2.21. The smallest absolute Gasteiger partial charge is 0.490 e. The van der Waals surface area contributed by atoms with Crippen LogP contribution in [0, 0.1) is 0 Å². The van der Waals surface area contributed by atoms with Crippen molar-refractivity contribution in [2.75, 3.05) is 26.2 Å². The van der Waals surface area contributed by atoms with Crippen LogP contribution >= 0.6 is 0 Å². The van der Waals surface area contributed by atoms with E-state index in [1.807, 2.05) is 24.3 Å². The van der Waals surface area contributed by atoms with Crippen molar-refractivity contribution in [2.45, 2.75) is 44.3 Å². The number of aliphatic carboxylic acids is 1. The van der Waals surface area contributed by atoms with Crippen LogP contribution in [0.5, 0.6) is 5.75 Å². The maximum Gasteiger partial charge on any atom is 0.490 e. The highest BCUT2D eigenvalue weighted by molar-refractivity contribution is 5.88. The number of nitrogens with one attached hydrogen (secondary N) is 1. The van der Waals surface area contributed by atoms with Crippen molar-refractivity contribution in [1.29, 1.82) is 0 Å².